The predicted octanol–water partition coefficient (Wildman–Crippen LogP) is 1.74. The number of anilines is 1. The molecule has 7 nitrogen and oxygen atoms in total. The molecule has 114 valence electrons. The number of nitrogens with one attached hydrogen (secondary N) is 2. The van der Waals surface area contributed by atoms with E-state index in [1.54, 1.807) is 36.2 Å². The van der Waals surface area contributed by atoms with Crippen LogP contribution < -0.4 is 5.32 Å². The van der Waals surface area contributed by atoms with Gasteiger partial charge in [0.1, 0.15) is 11.5 Å². The van der Waals surface area contributed by atoms with Gasteiger partial charge in [-0.3, -0.25) is 14.7 Å². The molecule has 0 bridgehead atoms. The molecule has 1 unspecified atom stereocenters. The first-order valence-electron chi connectivity index (χ1n) is 7.20. The fraction of sp³-hybridized carbons (Fsp3) is 0.333. The van der Waals surface area contributed by atoms with Gasteiger partial charge >= 0.3 is 0 Å². The zero-order valence-electron chi connectivity index (χ0n) is 12.2. The molecule has 3 heterocycles. The third-order valence-corrected chi connectivity index (χ3v) is 3.75. The summed E-state index contributed by atoms with van der Waals surface area (Å²) in [5.41, 5.74) is 1.08. The van der Waals surface area contributed by atoms with Crippen molar-refractivity contribution < 1.29 is 9.59 Å². The van der Waals surface area contributed by atoms with E-state index in [0.717, 1.165) is 25.1 Å². The van der Waals surface area contributed by atoms with E-state index in [1.165, 1.54) is 0 Å². The van der Waals surface area contributed by atoms with Crippen LogP contribution in [0.2, 0.25) is 0 Å². The summed E-state index contributed by atoms with van der Waals surface area (Å²) in [4.78, 5) is 30.1. The van der Waals surface area contributed by atoms with E-state index < -0.39 is 0 Å². The lowest BCUT2D eigenvalue weighted by Gasteiger charge is -2.23. The molecule has 0 aromatic carbocycles. The Hall–Kier alpha value is -2.70. The Labute approximate surface area is 127 Å². The highest BCUT2D eigenvalue weighted by Gasteiger charge is 2.29. The summed E-state index contributed by atoms with van der Waals surface area (Å²) in [7, 11) is 0. The number of amides is 2. The van der Waals surface area contributed by atoms with Crippen molar-refractivity contribution >= 4 is 17.6 Å². The smallest absolute Gasteiger partial charge is 0.275 e. The maximum atomic E-state index is 12.2. The molecule has 0 saturated carbocycles. The van der Waals surface area contributed by atoms with Gasteiger partial charge in [-0.15, -0.1) is 0 Å². The Morgan fingerprint density at radius 2 is 2.23 bits per heavy atom. The van der Waals surface area contributed by atoms with Crippen molar-refractivity contribution in [3.63, 3.8) is 0 Å². The lowest BCUT2D eigenvalue weighted by atomic mass is 10.1. The van der Waals surface area contributed by atoms with Crippen LogP contribution in [0, 0.1) is 0 Å². The number of H-pyrrole nitrogens is 1. The second-order valence-corrected chi connectivity index (χ2v) is 5.24. The first-order chi connectivity index (χ1) is 10.6. The lowest BCUT2D eigenvalue weighted by molar-refractivity contribution is -0.129. The van der Waals surface area contributed by atoms with E-state index >= 15 is 0 Å². The van der Waals surface area contributed by atoms with Crippen LogP contribution in [0.3, 0.4) is 0 Å². The third-order valence-electron chi connectivity index (χ3n) is 3.75. The topological polar surface area (TPSA) is 91.0 Å². The summed E-state index contributed by atoms with van der Waals surface area (Å²) in [5.74, 6) is 0.249. The fourth-order valence-corrected chi connectivity index (χ4v) is 2.73. The molecule has 1 aliphatic rings. The Morgan fingerprint density at radius 1 is 1.36 bits per heavy atom. The monoisotopic (exact) mass is 299 g/mol. The number of hydrogen-bond acceptors (Lipinski definition) is 4. The van der Waals surface area contributed by atoms with Crippen molar-refractivity contribution in [1.82, 2.24) is 20.1 Å². The molecular formula is C15H17N5O2. The van der Waals surface area contributed by atoms with E-state index in [9.17, 15) is 9.59 Å². The van der Waals surface area contributed by atoms with Crippen LogP contribution in [-0.4, -0.2) is 38.4 Å². The molecule has 0 radical (unpaired) electrons. The molecule has 2 aromatic heterocycles. The molecule has 0 spiro atoms. The molecule has 1 saturated heterocycles. The van der Waals surface area contributed by atoms with Crippen molar-refractivity contribution in [2.24, 2.45) is 0 Å². The molecule has 2 N–H and O–H groups in total. The molecule has 0 aliphatic carbocycles. The lowest BCUT2D eigenvalue weighted by Crippen LogP contribution is -2.29. The van der Waals surface area contributed by atoms with Crippen LogP contribution in [0.25, 0.3) is 0 Å². The van der Waals surface area contributed by atoms with E-state index in [4.69, 9.17) is 0 Å². The zero-order valence-corrected chi connectivity index (χ0v) is 12.2. The zero-order chi connectivity index (χ0) is 15.5. The van der Waals surface area contributed by atoms with Gasteiger partial charge in [-0.1, -0.05) is 6.07 Å². The average molecular weight is 299 g/mol. The molecule has 1 aliphatic heterocycles. The Morgan fingerprint density at radius 3 is 2.95 bits per heavy atom. The third kappa shape index (κ3) is 2.83. The van der Waals surface area contributed by atoms with Gasteiger partial charge in [0.15, 0.2) is 0 Å². The van der Waals surface area contributed by atoms with Crippen LogP contribution in [0.15, 0.2) is 30.5 Å². The largest absolute Gasteiger partial charge is 0.334 e. The van der Waals surface area contributed by atoms with Gasteiger partial charge in [0, 0.05) is 19.5 Å². The van der Waals surface area contributed by atoms with Gasteiger partial charge in [-0.25, -0.2) is 4.98 Å². The summed E-state index contributed by atoms with van der Waals surface area (Å²) >= 11 is 0. The standard InChI is InChI=1S/C15H17N5O2/c1-10(21)20-9-3-6-13(20)11-4-2-5-12(17-11)15(22)18-14-7-8-16-19-14/h2,4-5,7-8,13H,3,6,9H2,1H3,(H2,16,18,19,22). The number of aromatic amines is 1. The van der Waals surface area contributed by atoms with E-state index in [2.05, 4.69) is 20.5 Å². The van der Waals surface area contributed by atoms with Gasteiger partial charge in [-0.2, -0.15) is 5.10 Å². The normalized spacial score (nSPS) is 17.5. The Balaban J connectivity index is 1.80. The Bertz CT molecular complexity index is 683. The maximum Gasteiger partial charge on any atom is 0.275 e. The summed E-state index contributed by atoms with van der Waals surface area (Å²) in [6.07, 6.45) is 3.39. The van der Waals surface area contributed by atoms with Crippen molar-refractivity contribution in [1.29, 1.82) is 0 Å². The molecule has 1 fully saturated rings. The number of nitrogens with zero attached hydrogens (tertiary/aromatic N) is 3. The maximum absolute atomic E-state index is 12.2. The summed E-state index contributed by atoms with van der Waals surface area (Å²) < 4.78 is 0. The Kier molecular flexibility index (Phi) is 3.86. The van der Waals surface area contributed by atoms with Gasteiger partial charge in [0.2, 0.25) is 5.91 Å². The summed E-state index contributed by atoms with van der Waals surface area (Å²) in [6, 6.07) is 6.93. The molecule has 22 heavy (non-hydrogen) atoms. The summed E-state index contributed by atoms with van der Waals surface area (Å²) in [5, 5.41) is 9.13. The SMILES string of the molecule is CC(=O)N1CCCC1c1cccc(C(=O)Nc2ccn[nH]2)n1. The van der Waals surface area contributed by atoms with E-state index in [1.807, 2.05) is 6.07 Å². The quantitative estimate of drug-likeness (QED) is 0.903. The predicted molar refractivity (Wildman–Crippen MR) is 80.1 cm³/mol. The first-order valence-corrected chi connectivity index (χ1v) is 7.20. The number of hydrogen-bond donors (Lipinski definition) is 2. The number of likely N-dealkylation sites (tertiary alicyclic amines) is 1. The fourth-order valence-electron chi connectivity index (χ4n) is 2.73. The van der Waals surface area contributed by atoms with E-state index in [-0.39, 0.29) is 17.9 Å². The molecule has 2 amide bonds. The van der Waals surface area contributed by atoms with Gasteiger partial charge in [-0.05, 0) is 25.0 Å². The van der Waals surface area contributed by atoms with Gasteiger partial charge < -0.3 is 10.2 Å². The van der Waals surface area contributed by atoms with Crippen LogP contribution in [0.1, 0.15) is 42.0 Å². The second-order valence-electron chi connectivity index (χ2n) is 5.24. The highest BCUT2D eigenvalue weighted by molar-refractivity contribution is 6.02. The number of aromatic nitrogens is 3. The number of rotatable bonds is 3. The summed E-state index contributed by atoms with van der Waals surface area (Å²) in [6.45, 7) is 2.30. The average Bonchev–Trinajstić information content (AvgIpc) is 3.18. The number of carbonyl (C=O) groups is 2. The molecular weight excluding hydrogens is 282 g/mol. The minimum atomic E-state index is -0.307. The minimum absolute atomic E-state index is 0.0385. The van der Waals surface area contributed by atoms with Crippen molar-refractivity contribution in [3.05, 3.63) is 41.9 Å². The first kappa shape index (κ1) is 14.2. The number of pyridine rings is 1. The molecule has 7 heteroatoms. The van der Waals surface area contributed by atoms with Gasteiger partial charge in [0.25, 0.3) is 5.91 Å². The van der Waals surface area contributed by atoms with Crippen LogP contribution in [0.5, 0.6) is 0 Å². The molecule has 2 aromatic rings. The van der Waals surface area contributed by atoms with Crippen LogP contribution >= 0.6 is 0 Å². The second kappa shape index (κ2) is 5.97. The molecule has 1 atom stereocenters. The van der Waals surface area contributed by atoms with Crippen molar-refractivity contribution in [2.75, 3.05) is 11.9 Å². The van der Waals surface area contributed by atoms with E-state index in [0.29, 0.717) is 11.5 Å². The van der Waals surface area contributed by atoms with Crippen LogP contribution in [-0.2, 0) is 4.79 Å². The van der Waals surface area contributed by atoms with Crippen molar-refractivity contribution in [2.45, 2.75) is 25.8 Å². The van der Waals surface area contributed by atoms with Crippen LogP contribution in [0.4, 0.5) is 5.82 Å². The number of carbonyl (C=O) groups excluding carboxylic acids is 2. The minimum Gasteiger partial charge on any atom is -0.334 e. The highest BCUT2D eigenvalue weighted by Crippen LogP contribution is 2.30. The van der Waals surface area contributed by atoms with Gasteiger partial charge in [0.05, 0.1) is 17.9 Å². The molecule has 3 rings (SSSR count). The van der Waals surface area contributed by atoms with Crippen molar-refractivity contribution in [3.8, 4) is 0 Å². The highest BCUT2D eigenvalue weighted by atomic mass is 16.2.